The Morgan fingerprint density at radius 2 is 1.86 bits per heavy atom. The molecule has 2 rings (SSSR count). The molecule has 0 saturated carbocycles. The van der Waals surface area contributed by atoms with Gasteiger partial charge in [0.1, 0.15) is 0 Å². The second-order valence-electron chi connectivity index (χ2n) is 5.00. The van der Waals surface area contributed by atoms with Gasteiger partial charge in [0.25, 0.3) is 0 Å². The molecule has 5 nitrogen and oxygen atoms in total. The Morgan fingerprint density at radius 3 is 2.52 bits per heavy atom. The van der Waals surface area contributed by atoms with Crippen molar-refractivity contribution < 1.29 is 0 Å². The molecule has 0 bridgehead atoms. The number of benzene rings is 1. The third-order valence-electron chi connectivity index (χ3n) is 3.01. The maximum absolute atomic E-state index is 5.97. The number of aryl methyl sites for hydroxylation is 1. The van der Waals surface area contributed by atoms with Crippen LogP contribution in [0.25, 0.3) is 0 Å². The highest BCUT2D eigenvalue weighted by atomic mass is 35.5. The van der Waals surface area contributed by atoms with Crippen molar-refractivity contribution in [1.82, 2.24) is 15.0 Å². The molecule has 0 aliphatic heterocycles. The van der Waals surface area contributed by atoms with Crippen LogP contribution in [0.5, 0.6) is 0 Å². The summed E-state index contributed by atoms with van der Waals surface area (Å²) in [4.78, 5) is 14.6. The highest BCUT2D eigenvalue weighted by Gasteiger charge is 2.09. The molecule has 21 heavy (non-hydrogen) atoms. The zero-order valence-electron chi connectivity index (χ0n) is 12.6. The van der Waals surface area contributed by atoms with Gasteiger partial charge in [0, 0.05) is 20.1 Å². The van der Waals surface area contributed by atoms with Gasteiger partial charge in [-0.3, -0.25) is 0 Å². The van der Waals surface area contributed by atoms with Crippen molar-refractivity contribution in [2.75, 3.05) is 23.8 Å². The summed E-state index contributed by atoms with van der Waals surface area (Å²) in [5.74, 6) is 1.08. The van der Waals surface area contributed by atoms with Gasteiger partial charge in [-0.1, -0.05) is 36.8 Å². The quantitative estimate of drug-likeness (QED) is 0.887. The van der Waals surface area contributed by atoms with Crippen LogP contribution in [-0.4, -0.2) is 28.5 Å². The predicted octanol–water partition coefficient (Wildman–Crippen LogP) is 3.29. The van der Waals surface area contributed by atoms with Crippen molar-refractivity contribution in [3.8, 4) is 0 Å². The molecule has 0 fully saturated rings. The number of halogens is 1. The largest absolute Gasteiger partial charge is 0.354 e. The molecule has 0 aliphatic rings. The first-order valence-electron chi connectivity index (χ1n) is 7.00. The fraction of sp³-hybridized carbons (Fsp3) is 0.400. The van der Waals surface area contributed by atoms with E-state index < -0.39 is 0 Å². The molecule has 0 amide bonds. The van der Waals surface area contributed by atoms with Crippen LogP contribution in [0.15, 0.2) is 24.3 Å². The van der Waals surface area contributed by atoms with Gasteiger partial charge >= 0.3 is 0 Å². The summed E-state index contributed by atoms with van der Waals surface area (Å²) >= 11 is 5.97. The standard InChI is InChI=1S/C15H20ClN5/c1-4-9-17-14-18-13(16)19-15(20-14)21(3)10-12-7-5-11(2)6-8-12/h5-8H,4,9-10H2,1-3H3,(H,17,18,19,20). The van der Waals surface area contributed by atoms with Gasteiger partial charge in [-0.2, -0.15) is 15.0 Å². The number of hydrogen-bond acceptors (Lipinski definition) is 5. The van der Waals surface area contributed by atoms with Crippen LogP contribution in [0.4, 0.5) is 11.9 Å². The fourth-order valence-corrected chi connectivity index (χ4v) is 2.02. The molecule has 2 aromatic rings. The van der Waals surface area contributed by atoms with Crippen LogP contribution in [-0.2, 0) is 6.54 Å². The first-order valence-corrected chi connectivity index (χ1v) is 7.38. The van der Waals surface area contributed by atoms with E-state index in [0.29, 0.717) is 18.4 Å². The van der Waals surface area contributed by atoms with Crippen LogP contribution in [0.1, 0.15) is 24.5 Å². The van der Waals surface area contributed by atoms with Crippen molar-refractivity contribution >= 4 is 23.5 Å². The van der Waals surface area contributed by atoms with Crippen LogP contribution in [0, 0.1) is 6.92 Å². The molecule has 0 aliphatic carbocycles. The number of nitrogens with one attached hydrogen (secondary N) is 1. The molecule has 1 aromatic carbocycles. The molecule has 0 atom stereocenters. The SMILES string of the molecule is CCCNc1nc(Cl)nc(N(C)Cc2ccc(C)cc2)n1. The van der Waals surface area contributed by atoms with Crippen LogP contribution in [0.2, 0.25) is 5.28 Å². The van der Waals surface area contributed by atoms with Crippen molar-refractivity contribution in [2.45, 2.75) is 26.8 Å². The van der Waals surface area contributed by atoms with E-state index in [0.717, 1.165) is 13.0 Å². The maximum atomic E-state index is 5.97. The number of aromatic nitrogens is 3. The molecule has 0 unspecified atom stereocenters. The lowest BCUT2D eigenvalue weighted by atomic mass is 10.1. The highest BCUT2D eigenvalue weighted by Crippen LogP contribution is 2.15. The Morgan fingerprint density at radius 1 is 1.14 bits per heavy atom. The van der Waals surface area contributed by atoms with E-state index in [4.69, 9.17) is 11.6 Å². The molecule has 1 heterocycles. The van der Waals surface area contributed by atoms with E-state index in [9.17, 15) is 0 Å². The minimum atomic E-state index is 0.203. The molecular weight excluding hydrogens is 286 g/mol. The van der Waals surface area contributed by atoms with Gasteiger partial charge in [0.2, 0.25) is 17.2 Å². The molecule has 0 spiro atoms. The number of rotatable bonds is 6. The molecule has 6 heteroatoms. The van der Waals surface area contributed by atoms with Crippen molar-refractivity contribution in [3.63, 3.8) is 0 Å². The van der Waals surface area contributed by atoms with E-state index in [2.05, 4.69) is 58.4 Å². The Labute approximate surface area is 130 Å². The summed E-state index contributed by atoms with van der Waals surface area (Å²) in [5, 5.41) is 3.33. The average molecular weight is 306 g/mol. The van der Waals surface area contributed by atoms with Crippen LogP contribution >= 0.6 is 11.6 Å². The first-order chi connectivity index (χ1) is 10.1. The Kier molecular flexibility index (Phi) is 5.33. The van der Waals surface area contributed by atoms with Crippen molar-refractivity contribution in [3.05, 3.63) is 40.7 Å². The lowest BCUT2D eigenvalue weighted by Gasteiger charge is -2.18. The second-order valence-corrected chi connectivity index (χ2v) is 5.33. The smallest absolute Gasteiger partial charge is 0.231 e. The van der Waals surface area contributed by atoms with Crippen LogP contribution in [0.3, 0.4) is 0 Å². The topological polar surface area (TPSA) is 53.9 Å². The third-order valence-corrected chi connectivity index (χ3v) is 3.18. The van der Waals surface area contributed by atoms with Gasteiger partial charge in [-0.15, -0.1) is 0 Å². The Hall–Kier alpha value is -1.88. The zero-order chi connectivity index (χ0) is 15.2. The molecular formula is C15H20ClN5. The summed E-state index contributed by atoms with van der Waals surface area (Å²) in [6, 6.07) is 8.39. The minimum Gasteiger partial charge on any atom is -0.354 e. The summed E-state index contributed by atoms with van der Waals surface area (Å²) < 4.78 is 0. The summed E-state index contributed by atoms with van der Waals surface area (Å²) in [7, 11) is 1.94. The molecule has 0 saturated heterocycles. The van der Waals surface area contributed by atoms with Gasteiger partial charge in [0.15, 0.2) is 0 Å². The second kappa shape index (κ2) is 7.22. The van der Waals surface area contributed by atoms with Gasteiger partial charge in [-0.25, -0.2) is 0 Å². The fourth-order valence-electron chi connectivity index (χ4n) is 1.86. The van der Waals surface area contributed by atoms with E-state index in [-0.39, 0.29) is 5.28 Å². The average Bonchev–Trinajstić information content (AvgIpc) is 2.47. The van der Waals surface area contributed by atoms with Crippen molar-refractivity contribution in [1.29, 1.82) is 0 Å². The summed E-state index contributed by atoms with van der Waals surface area (Å²) in [6.07, 6.45) is 0.998. The molecule has 0 radical (unpaired) electrons. The minimum absolute atomic E-state index is 0.203. The predicted molar refractivity (Wildman–Crippen MR) is 86.9 cm³/mol. The molecule has 112 valence electrons. The van der Waals surface area contributed by atoms with E-state index >= 15 is 0 Å². The van der Waals surface area contributed by atoms with E-state index in [1.165, 1.54) is 11.1 Å². The monoisotopic (exact) mass is 305 g/mol. The van der Waals surface area contributed by atoms with Gasteiger partial charge in [-0.05, 0) is 30.5 Å². The summed E-state index contributed by atoms with van der Waals surface area (Å²) in [5.41, 5.74) is 2.44. The number of nitrogens with zero attached hydrogens (tertiary/aromatic N) is 4. The zero-order valence-corrected chi connectivity index (χ0v) is 13.4. The third kappa shape index (κ3) is 4.56. The van der Waals surface area contributed by atoms with E-state index in [1.807, 2.05) is 11.9 Å². The van der Waals surface area contributed by atoms with Gasteiger partial charge < -0.3 is 10.2 Å². The molecule has 1 aromatic heterocycles. The number of hydrogen-bond donors (Lipinski definition) is 1. The number of anilines is 2. The maximum Gasteiger partial charge on any atom is 0.231 e. The van der Waals surface area contributed by atoms with Crippen molar-refractivity contribution in [2.24, 2.45) is 0 Å². The Bertz CT molecular complexity index is 585. The van der Waals surface area contributed by atoms with Crippen LogP contribution < -0.4 is 10.2 Å². The Balaban J connectivity index is 2.12. The van der Waals surface area contributed by atoms with Gasteiger partial charge in [0.05, 0.1) is 0 Å². The summed E-state index contributed by atoms with van der Waals surface area (Å²) in [6.45, 7) is 5.68. The highest BCUT2D eigenvalue weighted by molar-refractivity contribution is 6.28. The lowest BCUT2D eigenvalue weighted by molar-refractivity contribution is 0.847. The lowest BCUT2D eigenvalue weighted by Crippen LogP contribution is -2.20. The van der Waals surface area contributed by atoms with E-state index in [1.54, 1.807) is 0 Å². The molecule has 1 N–H and O–H groups in total. The first kappa shape index (κ1) is 15.5. The normalized spacial score (nSPS) is 10.5.